The molecule has 0 amide bonds. The molecule has 3 unspecified atom stereocenters. The summed E-state index contributed by atoms with van der Waals surface area (Å²) in [5, 5.41) is 3.56. The highest BCUT2D eigenvalue weighted by atomic mass is 32.2. The second-order valence-electron chi connectivity index (χ2n) is 5.92. The molecule has 0 aromatic rings. The van der Waals surface area contributed by atoms with Crippen molar-refractivity contribution in [3.8, 4) is 0 Å². The van der Waals surface area contributed by atoms with Gasteiger partial charge in [0.05, 0.1) is 0 Å². The van der Waals surface area contributed by atoms with E-state index in [1.54, 1.807) is 0 Å². The first-order valence-corrected chi connectivity index (χ1v) is 8.96. The lowest BCUT2D eigenvalue weighted by molar-refractivity contribution is 0.321. The van der Waals surface area contributed by atoms with Crippen LogP contribution in [0.1, 0.15) is 39.0 Å². The zero-order valence-electron chi connectivity index (χ0n) is 11.0. The van der Waals surface area contributed by atoms with Gasteiger partial charge < -0.3 is 5.32 Å². The lowest BCUT2D eigenvalue weighted by Gasteiger charge is -2.25. The summed E-state index contributed by atoms with van der Waals surface area (Å²) >= 11 is 0. The van der Waals surface area contributed by atoms with E-state index in [1.165, 1.54) is 25.5 Å². The Morgan fingerprint density at radius 3 is 2.41 bits per heavy atom. The lowest BCUT2D eigenvalue weighted by Crippen LogP contribution is -2.36. The summed E-state index contributed by atoms with van der Waals surface area (Å²) in [4.78, 5) is 0. The molecule has 0 saturated heterocycles. The summed E-state index contributed by atoms with van der Waals surface area (Å²) in [6.45, 7) is 3.13. The Balaban J connectivity index is 1.76. The molecule has 2 rings (SSSR count). The smallest absolute Gasteiger partial charge is 0.147 e. The van der Waals surface area contributed by atoms with Crippen molar-refractivity contribution >= 4 is 9.84 Å². The number of rotatable bonds is 7. The molecular formula is C13H25NO2S. The van der Waals surface area contributed by atoms with Gasteiger partial charge in [-0.15, -0.1) is 0 Å². The van der Waals surface area contributed by atoms with Crippen LogP contribution in [0, 0.1) is 17.8 Å². The predicted molar refractivity (Wildman–Crippen MR) is 70.7 cm³/mol. The lowest BCUT2D eigenvalue weighted by atomic mass is 9.91. The van der Waals surface area contributed by atoms with Crippen molar-refractivity contribution in [2.45, 2.75) is 45.1 Å². The SMILES string of the molecule is CCNC(CCCS(C)(=O)=O)C1CC2CC2C1. The Morgan fingerprint density at radius 1 is 1.24 bits per heavy atom. The van der Waals surface area contributed by atoms with E-state index in [1.807, 2.05) is 0 Å². The van der Waals surface area contributed by atoms with E-state index < -0.39 is 9.84 Å². The van der Waals surface area contributed by atoms with Crippen LogP contribution >= 0.6 is 0 Å². The van der Waals surface area contributed by atoms with Crippen LogP contribution in [0.3, 0.4) is 0 Å². The van der Waals surface area contributed by atoms with Crippen molar-refractivity contribution in [1.29, 1.82) is 0 Å². The molecule has 0 spiro atoms. The van der Waals surface area contributed by atoms with Gasteiger partial charge in [-0.2, -0.15) is 0 Å². The van der Waals surface area contributed by atoms with Gasteiger partial charge in [-0.05, 0) is 56.4 Å². The van der Waals surface area contributed by atoms with Crippen LogP contribution in [0.2, 0.25) is 0 Å². The van der Waals surface area contributed by atoms with Gasteiger partial charge in [-0.3, -0.25) is 0 Å². The molecule has 3 atom stereocenters. The normalized spacial score (nSPS) is 33.4. The van der Waals surface area contributed by atoms with E-state index >= 15 is 0 Å². The summed E-state index contributed by atoms with van der Waals surface area (Å²) in [5.41, 5.74) is 0. The Labute approximate surface area is 105 Å². The molecule has 17 heavy (non-hydrogen) atoms. The van der Waals surface area contributed by atoms with Crippen LogP contribution in [-0.4, -0.2) is 33.0 Å². The van der Waals surface area contributed by atoms with Crippen molar-refractivity contribution in [1.82, 2.24) is 5.32 Å². The van der Waals surface area contributed by atoms with Gasteiger partial charge >= 0.3 is 0 Å². The Bertz CT molecular complexity index is 342. The van der Waals surface area contributed by atoms with Crippen LogP contribution in [0.4, 0.5) is 0 Å². The van der Waals surface area contributed by atoms with E-state index in [-0.39, 0.29) is 0 Å². The molecule has 0 aromatic carbocycles. The number of fused-ring (bicyclic) bond motifs is 1. The molecule has 1 N–H and O–H groups in total. The highest BCUT2D eigenvalue weighted by molar-refractivity contribution is 7.90. The third-order valence-electron chi connectivity index (χ3n) is 4.35. The van der Waals surface area contributed by atoms with Crippen molar-refractivity contribution in [2.24, 2.45) is 17.8 Å². The molecule has 100 valence electrons. The molecule has 0 aromatic heterocycles. The van der Waals surface area contributed by atoms with Gasteiger partial charge in [0.2, 0.25) is 0 Å². The summed E-state index contributed by atoms with van der Waals surface area (Å²) < 4.78 is 22.3. The zero-order valence-corrected chi connectivity index (χ0v) is 11.8. The maximum atomic E-state index is 11.1. The van der Waals surface area contributed by atoms with Crippen molar-refractivity contribution < 1.29 is 8.42 Å². The maximum absolute atomic E-state index is 11.1. The summed E-state index contributed by atoms with van der Waals surface area (Å²) in [6.07, 6.45) is 7.37. The minimum atomic E-state index is -2.79. The molecule has 2 aliphatic carbocycles. The average Bonchev–Trinajstić information content (AvgIpc) is 2.83. The highest BCUT2D eigenvalue weighted by Crippen LogP contribution is 2.55. The first kappa shape index (κ1) is 13.3. The van der Waals surface area contributed by atoms with Crippen LogP contribution in [0.25, 0.3) is 0 Å². The van der Waals surface area contributed by atoms with Crippen LogP contribution in [0.5, 0.6) is 0 Å². The Morgan fingerprint density at radius 2 is 1.88 bits per heavy atom. The molecule has 4 heteroatoms. The number of nitrogens with one attached hydrogen (secondary N) is 1. The summed E-state index contributed by atoms with van der Waals surface area (Å²) in [6, 6.07) is 0.551. The zero-order chi connectivity index (χ0) is 12.5. The topological polar surface area (TPSA) is 46.2 Å². The standard InChI is InChI=1S/C13H25NO2S/c1-3-14-13(5-4-6-17(2,15)16)12-8-10-7-11(10)9-12/h10-14H,3-9H2,1-2H3. The second-order valence-corrected chi connectivity index (χ2v) is 8.18. The molecule has 0 bridgehead atoms. The predicted octanol–water partition coefficient (Wildman–Crippen LogP) is 1.84. The van der Waals surface area contributed by atoms with Gasteiger partial charge in [-0.1, -0.05) is 6.92 Å². The van der Waals surface area contributed by atoms with Crippen LogP contribution < -0.4 is 5.32 Å². The monoisotopic (exact) mass is 259 g/mol. The van der Waals surface area contributed by atoms with E-state index in [0.29, 0.717) is 11.8 Å². The largest absolute Gasteiger partial charge is 0.314 e. The van der Waals surface area contributed by atoms with E-state index in [4.69, 9.17) is 0 Å². The van der Waals surface area contributed by atoms with E-state index in [0.717, 1.165) is 37.1 Å². The van der Waals surface area contributed by atoms with E-state index in [2.05, 4.69) is 12.2 Å². The first-order valence-electron chi connectivity index (χ1n) is 6.90. The van der Waals surface area contributed by atoms with Crippen LogP contribution in [-0.2, 0) is 9.84 Å². The Hall–Kier alpha value is -0.0900. The minimum Gasteiger partial charge on any atom is -0.314 e. The van der Waals surface area contributed by atoms with Gasteiger partial charge in [-0.25, -0.2) is 8.42 Å². The highest BCUT2D eigenvalue weighted by Gasteiger charge is 2.47. The third kappa shape index (κ3) is 3.95. The second kappa shape index (κ2) is 5.27. The number of sulfone groups is 1. The average molecular weight is 259 g/mol. The molecular weight excluding hydrogens is 234 g/mol. The van der Waals surface area contributed by atoms with Crippen molar-refractivity contribution in [2.75, 3.05) is 18.6 Å². The fourth-order valence-corrected chi connectivity index (χ4v) is 4.11. The molecule has 2 saturated carbocycles. The van der Waals surface area contributed by atoms with Gasteiger partial charge in [0.25, 0.3) is 0 Å². The molecule has 2 fully saturated rings. The molecule has 0 heterocycles. The number of hydrogen-bond donors (Lipinski definition) is 1. The maximum Gasteiger partial charge on any atom is 0.147 e. The molecule has 0 aliphatic heterocycles. The third-order valence-corrected chi connectivity index (χ3v) is 5.38. The number of hydrogen-bond acceptors (Lipinski definition) is 3. The van der Waals surface area contributed by atoms with Gasteiger partial charge in [0, 0.05) is 18.1 Å². The Kier molecular flexibility index (Phi) is 4.14. The van der Waals surface area contributed by atoms with Crippen molar-refractivity contribution in [3.63, 3.8) is 0 Å². The minimum absolute atomic E-state index is 0.342. The quantitative estimate of drug-likeness (QED) is 0.759. The van der Waals surface area contributed by atoms with Crippen LogP contribution in [0.15, 0.2) is 0 Å². The summed E-state index contributed by atoms with van der Waals surface area (Å²) in [7, 11) is -2.79. The van der Waals surface area contributed by atoms with E-state index in [9.17, 15) is 8.42 Å². The molecule has 3 nitrogen and oxygen atoms in total. The molecule has 2 aliphatic rings. The summed E-state index contributed by atoms with van der Waals surface area (Å²) in [5.74, 6) is 3.17. The van der Waals surface area contributed by atoms with Gasteiger partial charge in [0.1, 0.15) is 9.84 Å². The molecule has 0 radical (unpaired) electrons. The van der Waals surface area contributed by atoms with Gasteiger partial charge in [0.15, 0.2) is 0 Å². The fraction of sp³-hybridized carbons (Fsp3) is 1.00. The first-order chi connectivity index (χ1) is 7.99. The fourth-order valence-electron chi connectivity index (χ4n) is 3.42. The van der Waals surface area contributed by atoms with Crippen molar-refractivity contribution in [3.05, 3.63) is 0 Å².